The molecule has 3 aromatic rings. The van der Waals surface area contributed by atoms with E-state index in [2.05, 4.69) is 15.9 Å². The number of phenolic OH excluding ortho intramolecular Hbond substituents is 1. The lowest BCUT2D eigenvalue weighted by Crippen LogP contribution is -2.01. The van der Waals surface area contributed by atoms with E-state index in [4.69, 9.17) is 11.6 Å². The van der Waals surface area contributed by atoms with Crippen LogP contribution >= 0.6 is 39.3 Å². The molecule has 1 N–H and O–H groups in total. The molecule has 29 heavy (non-hydrogen) atoms. The molecule has 0 aromatic heterocycles. The largest absolute Gasteiger partial charge is 0.502 e. The number of halogens is 2. The Morgan fingerprint density at radius 3 is 2.45 bits per heavy atom. The van der Waals surface area contributed by atoms with Gasteiger partial charge in [0.25, 0.3) is 0 Å². The number of ketones is 1. The summed E-state index contributed by atoms with van der Waals surface area (Å²) in [5, 5.41) is 21.3. The number of carbonyl (C=O) groups is 1. The van der Waals surface area contributed by atoms with Crippen molar-refractivity contribution in [3.05, 3.63) is 102 Å². The van der Waals surface area contributed by atoms with Crippen LogP contribution < -0.4 is 0 Å². The number of nitro benzene ring substituents is 1. The van der Waals surface area contributed by atoms with Crippen molar-refractivity contribution in [2.75, 3.05) is 0 Å². The number of thioether (sulfide) groups is 1. The molecule has 0 saturated carbocycles. The fourth-order valence-corrected chi connectivity index (χ4v) is 4.07. The number of carbonyl (C=O) groups excluding carboxylic acids is 1. The molecule has 0 radical (unpaired) electrons. The van der Waals surface area contributed by atoms with E-state index in [0.29, 0.717) is 21.1 Å². The Balaban J connectivity index is 2.07. The van der Waals surface area contributed by atoms with Gasteiger partial charge in [-0.1, -0.05) is 41.6 Å². The van der Waals surface area contributed by atoms with Crippen LogP contribution in [0, 0.1) is 10.1 Å². The third kappa shape index (κ3) is 5.26. The Labute approximate surface area is 184 Å². The van der Waals surface area contributed by atoms with Crippen LogP contribution in [0.2, 0.25) is 5.02 Å². The molecule has 5 nitrogen and oxygen atoms in total. The van der Waals surface area contributed by atoms with Gasteiger partial charge in [-0.15, -0.1) is 0 Å². The number of hydrogen-bond donors (Lipinski definition) is 1. The molecule has 0 fully saturated rings. The fraction of sp³-hybridized carbons (Fsp3) is 0. The van der Waals surface area contributed by atoms with Gasteiger partial charge < -0.3 is 5.11 Å². The summed E-state index contributed by atoms with van der Waals surface area (Å²) < 4.78 is 0.816. The van der Waals surface area contributed by atoms with Crippen molar-refractivity contribution in [1.82, 2.24) is 0 Å². The first-order valence-electron chi connectivity index (χ1n) is 8.27. The number of hydrogen-bond acceptors (Lipinski definition) is 5. The zero-order chi connectivity index (χ0) is 21.0. The van der Waals surface area contributed by atoms with Crippen LogP contribution in [0.1, 0.15) is 15.9 Å². The maximum atomic E-state index is 13.1. The summed E-state index contributed by atoms with van der Waals surface area (Å²) in [6.07, 6.45) is 1.56. The summed E-state index contributed by atoms with van der Waals surface area (Å²) in [4.78, 5) is 24.8. The number of rotatable bonds is 6. The first-order valence-corrected chi connectivity index (χ1v) is 10.3. The molecule has 0 bridgehead atoms. The molecule has 0 heterocycles. The minimum atomic E-state index is -0.672. The van der Waals surface area contributed by atoms with Crippen LogP contribution in [0.15, 0.2) is 81.0 Å². The van der Waals surface area contributed by atoms with Gasteiger partial charge >= 0.3 is 5.69 Å². The quantitative estimate of drug-likeness (QED) is 0.136. The summed E-state index contributed by atoms with van der Waals surface area (Å²) in [6, 6.07) is 17.9. The summed E-state index contributed by atoms with van der Waals surface area (Å²) >= 11 is 10.6. The number of phenols is 1. The Bertz CT molecular complexity index is 1120. The number of nitro groups is 1. The van der Waals surface area contributed by atoms with Crippen molar-refractivity contribution >= 4 is 56.8 Å². The van der Waals surface area contributed by atoms with Gasteiger partial charge in [0.05, 0.1) is 9.83 Å². The Kier molecular flexibility index (Phi) is 6.74. The van der Waals surface area contributed by atoms with Crippen molar-refractivity contribution < 1.29 is 14.8 Å². The fourth-order valence-electron chi connectivity index (χ4n) is 2.46. The number of Topliss-reactive ketones (excluding diaryl/α,β-unsaturated/α-hetero) is 1. The third-order valence-electron chi connectivity index (χ3n) is 3.88. The lowest BCUT2D eigenvalue weighted by atomic mass is 10.1. The third-order valence-corrected chi connectivity index (χ3v) is 6.19. The minimum Gasteiger partial charge on any atom is -0.502 e. The predicted octanol–water partition coefficient (Wildman–Crippen LogP) is 6.73. The summed E-state index contributed by atoms with van der Waals surface area (Å²) in [7, 11) is 0. The monoisotopic (exact) mass is 489 g/mol. The van der Waals surface area contributed by atoms with Gasteiger partial charge in [-0.05, 0) is 70.0 Å². The first kappa shape index (κ1) is 21.1. The number of nitrogens with zero attached hydrogens (tertiary/aromatic N) is 1. The molecular weight excluding hydrogens is 478 g/mol. The summed E-state index contributed by atoms with van der Waals surface area (Å²) in [5.41, 5.74) is 0.433. The van der Waals surface area contributed by atoms with Crippen LogP contribution in [0.3, 0.4) is 0 Å². The van der Waals surface area contributed by atoms with Crippen molar-refractivity contribution in [2.24, 2.45) is 0 Å². The van der Waals surface area contributed by atoms with E-state index in [1.165, 1.54) is 30.0 Å². The van der Waals surface area contributed by atoms with E-state index in [9.17, 15) is 20.0 Å². The maximum absolute atomic E-state index is 13.1. The van der Waals surface area contributed by atoms with E-state index in [1.807, 2.05) is 24.3 Å². The molecule has 0 atom stereocenters. The standard InChI is InChI=1S/C21H13BrClNO4S/c22-16-3-1-2-4-19(16)29-20(21(26)14-6-8-15(23)9-7-14)12-13-5-10-18(25)17(11-13)24(27)28/h1-12,25H/b20-12+. The normalized spacial score (nSPS) is 11.3. The van der Waals surface area contributed by atoms with Crippen LogP contribution in [0.5, 0.6) is 5.75 Å². The van der Waals surface area contributed by atoms with Crippen molar-refractivity contribution in [1.29, 1.82) is 0 Å². The highest BCUT2D eigenvalue weighted by atomic mass is 79.9. The smallest absolute Gasteiger partial charge is 0.311 e. The SMILES string of the molecule is O=C(/C(=C\c1ccc(O)c([N+](=O)[O-])c1)Sc1ccccc1Br)c1ccc(Cl)cc1. The van der Waals surface area contributed by atoms with Crippen LogP contribution in [-0.2, 0) is 0 Å². The van der Waals surface area contributed by atoms with Gasteiger partial charge in [-0.3, -0.25) is 14.9 Å². The zero-order valence-electron chi connectivity index (χ0n) is 14.7. The molecule has 3 rings (SSSR count). The van der Waals surface area contributed by atoms with Crippen molar-refractivity contribution in [2.45, 2.75) is 4.90 Å². The van der Waals surface area contributed by atoms with E-state index in [0.717, 1.165) is 9.37 Å². The van der Waals surface area contributed by atoms with Gasteiger partial charge in [-0.2, -0.15) is 0 Å². The second-order valence-electron chi connectivity index (χ2n) is 5.88. The lowest BCUT2D eigenvalue weighted by Gasteiger charge is -2.09. The minimum absolute atomic E-state index is 0.252. The average Bonchev–Trinajstić information content (AvgIpc) is 2.70. The second-order valence-corrected chi connectivity index (χ2v) is 8.26. The van der Waals surface area contributed by atoms with Gasteiger partial charge in [-0.25, -0.2) is 0 Å². The summed E-state index contributed by atoms with van der Waals surface area (Å²) in [5.74, 6) is -0.686. The molecular formula is C21H13BrClNO4S. The van der Waals surface area contributed by atoms with Gasteiger partial charge in [0.1, 0.15) is 0 Å². The van der Waals surface area contributed by atoms with E-state index < -0.39 is 16.4 Å². The number of allylic oxidation sites excluding steroid dienone is 1. The topological polar surface area (TPSA) is 80.4 Å². The molecule has 0 saturated heterocycles. The molecule has 3 aromatic carbocycles. The Hall–Kier alpha value is -2.61. The Morgan fingerprint density at radius 2 is 1.79 bits per heavy atom. The van der Waals surface area contributed by atoms with E-state index in [1.54, 1.807) is 30.3 Å². The summed E-state index contributed by atoms with van der Waals surface area (Å²) in [6.45, 7) is 0. The van der Waals surface area contributed by atoms with Gasteiger partial charge in [0.2, 0.25) is 0 Å². The van der Waals surface area contributed by atoms with E-state index >= 15 is 0 Å². The molecule has 0 aliphatic heterocycles. The van der Waals surface area contributed by atoms with Crippen LogP contribution in [0.25, 0.3) is 6.08 Å². The highest BCUT2D eigenvalue weighted by molar-refractivity contribution is 9.10. The van der Waals surface area contributed by atoms with Crippen LogP contribution in [0.4, 0.5) is 5.69 Å². The Morgan fingerprint density at radius 1 is 1.10 bits per heavy atom. The highest BCUT2D eigenvalue weighted by Crippen LogP contribution is 2.36. The first-order chi connectivity index (χ1) is 13.8. The predicted molar refractivity (Wildman–Crippen MR) is 119 cm³/mol. The second kappa shape index (κ2) is 9.26. The average molecular weight is 491 g/mol. The lowest BCUT2D eigenvalue weighted by molar-refractivity contribution is -0.385. The molecule has 8 heteroatoms. The van der Waals surface area contributed by atoms with Crippen molar-refractivity contribution in [3.63, 3.8) is 0 Å². The molecule has 0 amide bonds. The molecule has 0 aliphatic carbocycles. The molecule has 0 unspecified atom stereocenters. The van der Waals surface area contributed by atoms with E-state index in [-0.39, 0.29) is 5.78 Å². The molecule has 0 aliphatic rings. The molecule has 146 valence electrons. The van der Waals surface area contributed by atoms with Gasteiger partial charge in [0.15, 0.2) is 11.5 Å². The highest BCUT2D eigenvalue weighted by Gasteiger charge is 2.18. The van der Waals surface area contributed by atoms with Crippen LogP contribution in [-0.4, -0.2) is 15.8 Å². The number of aromatic hydroxyl groups is 1. The maximum Gasteiger partial charge on any atom is 0.311 e. The zero-order valence-corrected chi connectivity index (χ0v) is 17.9. The van der Waals surface area contributed by atoms with Crippen molar-refractivity contribution in [3.8, 4) is 5.75 Å². The van der Waals surface area contributed by atoms with Gasteiger partial charge in [0, 0.05) is 26.0 Å². The number of benzene rings is 3. The molecule has 0 spiro atoms.